The van der Waals surface area contributed by atoms with Gasteiger partial charge in [0.05, 0.1) is 35.4 Å². The highest BCUT2D eigenvalue weighted by molar-refractivity contribution is 7.21. The number of thiazole rings is 1. The lowest BCUT2D eigenvalue weighted by atomic mass is 10.1. The molecule has 9 nitrogen and oxygen atoms in total. The largest absolute Gasteiger partial charge is 0.465 e. The van der Waals surface area contributed by atoms with E-state index in [0.717, 1.165) is 10.2 Å². The summed E-state index contributed by atoms with van der Waals surface area (Å²) in [6, 6.07) is 7.58. The van der Waals surface area contributed by atoms with E-state index < -0.39 is 11.9 Å². The molecule has 2 amide bonds. The average Bonchev–Trinajstić information content (AvgIpc) is 3.46. The normalized spacial score (nSPS) is 16.0. The lowest BCUT2D eigenvalue weighted by Crippen LogP contribution is -2.30. The number of nitrogens with one attached hydrogen (secondary N) is 1. The minimum atomic E-state index is -0.581. The summed E-state index contributed by atoms with van der Waals surface area (Å²) in [6.45, 7) is 2.77. The number of hydrogen-bond acceptors (Lipinski definition) is 8. The number of hydrogen-bond donors (Lipinski definition) is 1. The molecule has 1 atom stereocenters. The van der Waals surface area contributed by atoms with Crippen LogP contribution in [0.25, 0.3) is 20.8 Å². The third kappa shape index (κ3) is 4.11. The number of furan rings is 1. The second kappa shape index (κ2) is 9.09. The monoisotopic (exact) mass is 457 g/mol. The Morgan fingerprint density at radius 1 is 1.31 bits per heavy atom. The summed E-state index contributed by atoms with van der Waals surface area (Å²) in [5.41, 5.74) is 1.37. The Labute approximate surface area is 188 Å². The Morgan fingerprint density at radius 3 is 2.81 bits per heavy atom. The number of aromatic nitrogens is 1. The van der Waals surface area contributed by atoms with Gasteiger partial charge in [-0.1, -0.05) is 12.1 Å². The van der Waals surface area contributed by atoms with E-state index in [-0.39, 0.29) is 29.7 Å². The molecule has 0 spiro atoms. The third-order valence-electron chi connectivity index (χ3n) is 5.37. The Bertz CT molecular complexity index is 1150. The van der Waals surface area contributed by atoms with Gasteiger partial charge in [-0.25, -0.2) is 9.78 Å². The number of carbonyl (C=O) groups excluding carboxylic acids is 3. The first-order chi connectivity index (χ1) is 15.4. The van der Waals surface area contributed by atoms with Gasteiger partial charge in [0.1, 0.15) is 16.3 Å². The number of rotatable bonds is 7. The van der Waals surface area contributed by atoms with E-state index in [4.69, 9.17) is 13.9 Å². The molecule has 0 aliphatic carbocycles. The number of aryl methyl sites for hydroxylation is 1. The van der Waals surface area contributed by atoms with Crippen molar-refractivity contribution in [2.75, 3.05) is 39.2 Å². The average molecular weight is 458 g/mol. The van der Waals surface area contributed by atoms with Gasteiger partial charge in [-0.15, -0.1) is 11.3 Å². The number of anilines is 1. The van der Waals surface area contributed by atoms with Gasteiger partial charge in [-0.3, -0.25) is 14.9 Å². The molecular weight excluding hydrogens is 434 g/mol. The van der Waals surface area contributed by atoms with Crippen LogP contribution in [-0.2, 0) is 19.1 Å². The highest BCUT2D eigenvalue weighted by atomic mass is 32.1. The molecule has 1 aliphatic rings. The van der Waals surface area contributed by atoms with Crippen molar-refractivity contribution in [1.82, 2.24) is 9.88 Å². The van der Waals surface area contributed by atoms with Crippen molar-refractivity contribution in [3.05, 3.63) is 35.6 Å². The molecule has 0 saturated carbocycles. The van der Waals surface area contributed by atoms with Gasteiger partial charge in [0.25, 0.3) is 0 Å². The van der Waals surface area contributed by atoms with E-state index in [0.29, 0.717) is 36.0 Å². The van der Waals surface area contributed by atoms with Crippen LogP contribution in [0.4, 0.5) is 5.88 Å². The molecule has 168 valence electrons. The molecule has 0 radical (unpaired) electrons. The number of likely N-dealkylation sites (tertiary alicyclic amines) is 1. The second-order valence-electron chi connectivity index (χ2n) is 7.44. The van der Waals surface area contributed by atoms with Crippen molar-refractivity contribution in [2.45, 2.75) is 13.3 Å². The summed E-state index contributed by atoms with van der Waals surface area (Å²) < 4.78 is 16.7. The maximum atomic E-state index is 13.0. The molecule has 3 aromatic rings. The summed E-state index contributed by atoms with van der Waals surface area (Å²) in [7, 11) is 2.85. The van der Waals surface area contributed by atoms with Crippen molar-refractivity contribution in [3.63, 3.8) is 0 Å². The number of methoxy groups -OCH3 is 2. The van der Waals surface area contributed by atoms with Gasteiger partial charge in [-0.05, 0) is 19.1 Å². The number of ether oxygens (including phenoxy) is 2. The third-order valence-corrected chi connectivity index (χ3v) is 6.42. The Hall–Kier alpha value is -3.24. The molecule has 2 aromatic heterocycles. The summed E-state index contributed by atoms with van der Waals surface area (Å²) in [6.07, 6.45) is 0.107. The van der Waals surface area contributed by atoms with Crippen molar-refractivity contribution in [1.29, 1.82) is 0 Å². The molecule has 1 unspecified atom stereocenters. The highest BCUT2D eigenvalue weighted by Gasteiger charge is 2.36. The quantitative estimate of drug-likeness (QED) is 0.543. The number of carbonyl (C=O) groups is 3. The standard InChI is InChI=1S/C22H23N3O6S/c1-12-17(22(28)30-3)18(21-23-14-6-4-5-7-15(14)32-21)20(31-12)24-19(27)13-10-16(26)25(11-13)8-9-29-2/h4-7,13H,8-11H2,1-3H3,(H,24,27). The van der Waals surface area contributed by atoms with Crippen molar-refractivity contribution in [2.24, 2.45) is 5.92 Å². The summed E-state index contributed by atoms with van der Waals surface area (Å²) in [4.78, 5) is 43.9. The van der Waals surface area contributed by atoms with Crippen LogP contribution in [-0.4, -0.2) is 61.6 Å². The molecule has 3 heterocycles. The smallest absolute Gasteiger partial charge is 0.342 e. The number of fused-ring (bicyclic) bond motifs is 1. The minimum Gasteiger partial charge on any atom is -0.465 e. The van der Waals surface area contributed by atoms with Crippen molar-refractivity contribution < 1.29 is 28.3 Å². The fourth-order valence-corrected chi connectivity index (χ4v) is 4.76. The highest BCUT2D eigenvalue weighted by Crippen LogP contribution is 2.41. The zero-order valence-electron chi connectivity index (χ0n) is 18.0. The lowest BCUT2D eigenvalue weighted by molar-refractivity contribution is -0.128. The first-order valence-electron chi connectivity index (χ1n) is 10.1. The van der Waals surface area contributed by atoms with E-state index in [1.54, 1.807) is 18.9 Å². The van der Waals surface area contributed by atoms with Crippen LogP contribution in [0, 0.1) is 12.8 Å². The van der Waals surface area contributed by atoms with E-state index >= 15 is 0 Å². The topological polar surface area (TPSA) is 111 Å². The van der Waals surface area contributed by atoms with Crippen LogP contribution >= 0.6 is 11.3 Å². The van der Waals surface area contributed by atoms with E-state index in [9.17, 15) is 14.4 Å². The molecule has 1 saturated heterocycles. The fraction of sp³-hybridized carbons (Fsp3) is 0.364. The first kappa shape index (κ1) is 22.0. The predicted octanol–water partition coefficient (Wildman–Crippen LogP) is 3.08. The second-order valence-corrected chi connectivity index (χ2v) is 8.47. The molecule has 1 N–H and O–H groups in total. The van der Waals surface area contributed by atoms with E-state index in [1.807, 2.05) is 24.3 Å². The maximum absolute atomic E-state index is 13.0. The Balaban J connectivity index is 1.66. The van der Waals surface area contributed by atoms with E-state index in [1.165, 1.54) is 18.4 Å². The molecule has 4 rings (SSSR count). The van der Waals surface area contributed by atoms with Crippen LogP contribution in [0.5, 0.6) is 0 Å². The van der Waals surface area contributed by atoms with Gasteiger partial charge in [0, 0.05) is 26.6 Å². The van der Waals surface area contributed by atoms with Gasteiger partial charge >= 0.3 is 5.97 Å². The molecular formula is C22H23N3O6S. The molecule has 1 fully saturated rings. The number of amides is 2. The molecule has 0 bridgehead atoms. The number of esters is 1. The molecule has 32 heavy (non-hydrogen) atoms. The van der Waals surface area contributed by atoms with Crippen LogP contribution in [0.1, 0.15) is 22.5 Å². The number of para-hydroxylation sites is 1. The van der Waals surface area contributed by atoms with Crippen LogP contribution < -0.4 is 5.32 Å². The fourth-order valence-electron chi connectivity index (χ4n) is 3.74. The van der Waals surface area contributed by atoms with Gasteiger partial charge in [-0.2, -0.15) is 0 Å². The number of nitrogens with zero attached hydrogens (tertiary/aromatic N) is 2. The van der Waals surface area contributed by atoms with E-state index in [2.05, 4.69) is 10.3 Å². The zero-order chi connectivity index (χ0) is 22.8. The summed E-state index contributed by atoms with van der Waals surface area (Å²) in [5.74, 6) is -1.14. The lowest BCUT2D eigenvalue weighted by Gasteiger charge is -2.15. The molecule has 10 heteroatoms. The minimum absolute atomic E-state index is 0.0977. The van der Waals surface area contributed by atoms with Crippen molar-refractivity contribution in [3.8, 4) is 10.6 Å². The molecule has 1 aliphatic heterocycles. The van der Waals surface area contributed by atoms with Gasteiger partial charge in [0.2, 0.25) is 17.7 Å². The summed E-state index contributed by atoms with van der Waals surface area (Å²) in [5, 5.41) is 3.31. The van der Waals surface area contributed by atoms with Crippen LogP contribution in [0.15, 0.2) is 28.7 Å². The Morgan fingerprint density at radius 2 is 2.09 bits per heavy atom. The van der Waals surface area contributed by atoms with Crippen LogP contribution in [0.2, 0.25) is 0 Å². The van der Waals surface area contributed by atoms with Crippen LogP contribution in [0.3, 0.4) is 0 Å². The maximum Gasteiger partial charge on any atom is 0.342 e. The molecule has 1 aromatic carbocycles. The van der Waals surface area contributed by atoms with Gasteiger partial charge in [0.15, 0.2) is 0 Å². The summed E-state index contributed by atoms with van der Waals surface area (Å²) >= 11 is 1.38. The number of benzene rings is 1. The van der Waals surface area contributed by atoms with Gasteiger partial charge < -0.3 is 18.8 Å². The zero-order valence-corrected chi connectivity index (χ0v) is 18.8. The SMILES string of the molecule is COCCN1CC(C(=O)Nc2oc(C)c(C(=O)OC)c2-c2nc3ccccc3s2)CC1=O. The Kier molecular flexibility index (Phi) is 6.24. The first-order valence-corrected chi connectivity index (χ1v) is 10.9. The van der Waals surface area contributed by atoms with Crippen molar-refractivity contribution >= 4 is 45.2 Å². The predicted molar refractivity (Wildman–Crippen MR) is 119 cm³/mol.